The second kappa shape index (κ2) is 7.91. The van der Waals surface area contributed by atoms with Crippen molar-refractivity contribution in [3.63, 3.8) is 0 Å². The van der Waals surface area contributed by atoms with E-state index in [0.29, 0.717) is 23.3 Å². The van der Waals surface area contributed by atoms with E-state index in [9.17, 15) is 22.0 Å². The maximum absolute atomic E-state index is 13.3. The van der Waals surface area contributed by atoms with Crippen LogP contribution in [-0.2, 0) is 4.43 Å². The minimum Gasteiger partial charge on any atom is -0.487 e. The summed E-state index contributed by atoms with van der Waals surface area (Å²) in [6.07, 6.45) is 2.77. The van der Waals surface area contributed by atoms with Crippen molar-refractivity contribution in [2.45, 2.75) is 45.1 Å². The van der Waals surface area contributed by atoms with Gasteiger partial charge in [0.05, 0.1) is 6.61 Å². The van der Waals surface area contributed by atoms with Crippen LogP contribution in [0, 0.1) is 29.1 Å². The lowest BCUT2D eigenvalue weighted by atomic mass is 10.0. The molecule has 0 N–H and O–H groups in total. The summed E-state index contributed by atoms with van der Waals surface area (Å²) in [4.78, 5) is 0. The van der Waals surface area contributed by atoms with Gasteiger partial charge in [-0.2, -0.15) is 8.78 Å². The standard InChI is InChI=1S/C14H19F5O2Si/c1-14(2,21-22)6-4-3-5-7-20-13-11(18)9(16)8(15)10(17)12(13)19/h3-7H2,1-2,22H3. The highest BCUT2D eigenvalue weighted by atomic mass is 28.2. The predicted molar refractivity (Wildman–Crippen MR) is 75.3 cm³/mol. The molecule has 1 aromatic carbocycles. The Hall–Kier alpha value is -1.15. The minimum absolute atomic E-state index is 0.124. The van der Waals surface area contributed by atoms with Gasteiger partial charge in [-0.15, -0.1) is 0 Å². The van der Waals surface area contributed by atoms with Crippen molar-refractivity contribution >= 4 is 10.5 Å². The van der Waals surface area contributed by atoms with E-state index in [1.165, 1.54) is 0 Å². The summed E-state index contributed by atoms with van der Waals surface area (Å²) < 4.78 is 75.5. The van der Waals surface area contributed by atoms with Crippen LogP contribution >= 0.6 is 0 Å². The fraction of sp³-hybridized carbons (Fsp3) is 0.571. The third-order valence-corrected chi connectivity index (χ3v) is 4.50. The molecule has 0 saturated carbocycles. The summed E-state index contributed by atoms with van der Waals surface area (Å²) in [6.45, 7) is 3.80. The summed E-state index contributed by atoms with van der Waals surface area (Å²) >= 11 is 0. The van der Waals surface area contributed by atoms with E-state index in [1.807, 2.05) is 13.8 Å². The van der Waals surface area contributed by atoms with Crippen molar-refractivity contribution in [1.29, 1.82) is 0 Å². The first-order valence-electron chi connectivity index (χ1n) is 6.90. The quantitative estimate of drug-likeness (QED) is 0.237. The maximum Gasteiger partial charge on any atom is 0.206 e. The Balaban J connectivity index is 2.50. The molecule has 0 fully saturated rings. The van der Waals surface area contributed by atoms with Crippen molar-refractivity contribution in [3.8, 4) is 5.75 Å². The van der Waals surface area contributed by atoms with Crippen LogP contribution in [0.25, 0.3) is 0 Å². The molecule has 1 aromatic rings. The molecule has 1 rings (SSSR count). The van der Waals surface area contributed by atoms with Crippen molar-refractivity contribution in [2.24, 2.45) is 0 Å². The monoisotopic (exact) mass is 342 g/mol. The van der Waals surface area contributed by atoms with Crippen LogP contribution in [0.3, 0.4) is 0 Å². The Morgan fingerprint density at radius 2 is 1.32 bits per heavy atom. The lowest BCUT2D eigenvalue weighted by Gasteiger charge is -2.23. The number of unbranched alkanes of at least 4 members (excludes halogenated alkanes) is 2. The molecule has 0 unspecified atom stereocenters. The maximum atomic E-state index is 13.3. The summed E-state index contributed by atoms with van der Waals surface area (Å²) in [5, 5.41) is 0. The van der Waals surface area contributed by atoms with Crippen LogP contribution in [0.4, 0.5) is 22.0 Å². The molecule has 0 amide bonds. The number of hydrogen-bond donors (Lipinski definition) is 0. The van der Waals surface area contributed by atoms with Crippen molar-refractivity contribution in [1.82, 2.24) is 0 Å². The van der Waals surface area contributed by atoms with Gasteiger partial charge >= 0.3 is 0 Å². The van der Waals surface area contributed by atoms with Gasteiger partial charge in [-0.25, -0.2) is 13.2 Å². The third-order valence-electron chi connectivity index (χ3n) is 3.39. The molecule has 2 nitrogen and oxygen atoms in total. The molecule has 0 aliphatic carbocycles. The van der Waals surface area contributed by atoms with Gasteiger partial charge in [-0.1, -0.05) is 6.42 Å². The highest BCUT2D eigenvalue weighted by Crippen LogP contribution is 2.29. The number of ether oxygens (including phenoxy) is 1. The summed E-state index contributed by atoms with van der Waals surface area (Å²) in [5.74, 6) is -11.3. The Kier molecular flexibility index (Phi) is 6.80. The molecule has 0 atom stereocenters. The van der Waals surface area contributed by atoms with E-state index >= 15 is 0 Å². The number of benzene rings is 1. The fourth-order valence-corrected chi connectivity index (χ4v) is 2.02. The average molecular weight is 342 g/mol. The van der Waals surface area contributed by atoms with Gasteiger partial charge < -0.3 is 9.16 Å². The summed E-state index contributed by atoms with van der Waals surface area (Å²) in [6, 6.07) is 0. The molecule has 0 aliphatic heterocycles. The van der Waals surface area contributed by atoms with Gasteiger partial charge in [0.1, 0.15) is 10.5 Å². The fourth-order valence-electron chi connectivity index (χ4n) is 1.82. The summed E-state index contributed by atoms with van der Waals surface area (Å²) in [5.41, 5.74) is -0.200. The first kappa shape index (κ1) is 18.9. The van der Waals surface area contributed by atoms with E-state index in [1.54, 1.807) is 0 Å². The Morgan fingerprint density at radius 1 is 0.818 bits per heavy atom. The molecule has 0 bridgehead atoms. The first-order valence-corrected chi connectivity index (χ1v) is 7.72. The zero-order valence-electron chi connectivity index (χ0n) is 12.7. The molecule has 0 heterocycles. The molecule has 0 spiro atoms. The Labute approximate surface area is 129 Å². The average Bonchev–Trinajstić information content (AvgIpc) is 2.49. The largest absolute Gasteiger partial charge is 0.487 e. The highest BCUT2D eigenvalue weighted by molar-refractivity contribution is 5.98. The van der Waals surface area contributed by atoms with Gasteiger partial charge in [0.25, 0.3) is 0 Å². The molecule has 22 heavy (non-hydrogen) atoms. The predicted octanol–water partition coefficient (Wildman–Crippen LogP) is 3.40. The zero-order valence-corrected chi connectivity index (χ0v) is 14.7. The van der Waals surface area contributed by atoms with E-state index in [2.05, 4.69) is 0 Å². The van der Waals surface area contributed by atoms with E-state index in [-0.39, 0.29) is 12.2 Å². The molecule has 126 valence electrons. The lowest BCUT2D eigenvalue weighted by molar-refractivity contribution is 0.108. The normalized spacial score (nSPS) is 12.0. The van der Waals surface area contributed by atoms with E-state index < -0.39 is 34.8 Å². The van der Waals surface area contributed by atoms with E-state index in [4.69, 9.17) is 9.16 Å². The summed E-state index contributed by atoms with van der Waals surface area (Å²) in [7, 11) is 0.636. The molecule has 0 saturated heterocycles. The van der Waals surface area contributed by atoms with Crippen LogP contribution in [0.1, 0.15) is 39.5 Å². The van der Waals surface area contributed by atoms with Gasteiger partial charge in [-0.3, -0.25) is 0 Å². The molecular weight excluding hydrogens is 323 g/mol. The topological polar surface area (TPSA) is 18.5 Å². The molecule has 0 aliphatic rings. The van der Waals surface area contributed by atoms with E-state index in [0.717, 1.165) is 12.8 Å². The zero-order chi connectivity index (χ0) is 16.9. The molecule has 0 radical (unpaired) electrons. The highest BCUT2D eigenvalue weighted by Gasteiger charge is 2.26. The van der Waals surface area contributed by atoms with Crippen LogP contribution in [0.5, 0.6) is 5.75 Å². The third kappa shape index (κ3) is 4.67. The van der Waals surface area contributed by atoms with Crippen LogP contribution in [0.15, 0.2) is 0 Å². The van der Waals surface area contributed by atoms with Crippen LogP contribution < -0.4 is 4.74 Å². The van der Waals surface area contributed by atoms with Crippen LogP contribution in [-0.4, -0.2) is 22.7 Å². The number of rotatable bonds is 8. The Morgan fingerprint density at radius 3 is 1.82 bits per heavy atom. The lowest BCUT2D eigenvalue weighted by Crippen LogP contribution is -2.22. The van der Waals surface area contributed by atoms with Gasteiger partial charge in [0.15, 0.2) is 5.75 Å². The first-order chi connectivity index (χ1) is 10.2. The van der Waals surface area contributed by atoms with Gasteiger partial charge in [0, 0.05) is 5.60 Å². The molecular formula is C14H19F5O2Si. The minimum atomic E-state index is -2.19. The number of halogens is 5. The second-order valence-corrected chi connectivity index (χ2v) is 5.93. The van der Waals surface area contributed by atoms with Gasteiger partial charge in [0.2, 0.25) is 29.1 Å². The van der Waals surface area contributed by atoms with Gasteiger partial charge in [-0.05, 0) is 33.1 Å². The molecule has 0 aromatic heterocycles. The Bertz CT molecular complexity index is 493. The van der Waals surface area contributed by atoms with Crippen LogP contribution in [0.2, 0.25) is 0 Å². The SMILES string of the molecule is CC(C)(CCCCCOc1c(F)c(F)c(F)c(F)c1F)O[SiH3]. The van der Waals surface area contributed by atoms with Crippen molar-refractivity contribution < 1.29 is 31.1 Å². The second-order valence-electron chi connectivity index (χ2n) is 5.52. The van der Waals surface area contributed by atoms with Crippen molar-refractivity contribution in [3.05, 3.63) is 29.1 Å². The van der Waals surface area contributed by atoms with Crippen molar-refractivity contribution in [2.75, 3.05) is 6.61 Å². The number of hydrogen-bond acceptors (Lipinski definition) is 2. The smallest absolute Gasteiger partial charge is 0.206 e. The molecule has 8 heteroatoms.